The monoisotopic (exact) mass is 260 g/mol. The third kappa shape index (κ3) is 2.98. The largest absolute Gasteiger partial charge is 0.493 e. The molecule has 0 spiro atoms. The second-order valence-corrected chi connectivity index (χ2v) is 3.65. The van der Waals surface area contributed by atoms with Crippen LogP contribution in [0.3, 0.4) is 0 Å². The number of aryl methyl sites for hydroxylation is 1. The predicted molar refractivity (Wildman–Crippen MR) is 59.9 cm³/mol. The zero-order valence-electron chi connectivity index (χ0n) is 8.22. The van der Waals surface area contributed by atoms with Gasteiger partial charge in [0.2, 0.25) is 0 Å². The molecule has 0 unspecified atom stereocenters. The first kappa shape index (κ1) is 11.5. The highest BCUT2D eigenvalue weighted by molar-refractivity contribution is 9.08. The van der Waals surface area contributed by atoms with Crippen LogP contribution in [0, 0.1) is 6.92 Å². The molecule has 0 amide bonds. The van der Waals surface area contributed by atoms with Crippen LogP contribution in [0.25, 0.3) is 0 Å². The van der Waals surface area contributed by atoms with E-state index in [0.29, 0.717) is 13.0 Å². The van der Waals surface area contributed by atoms with Gasteiger partial charge in [0.25, 0.3) is 0 Å². The Kier molecular flexibility index (Phi) is 4.94. The highest BCUT2D eigenvalue weighted by Crippen LogP contribution is 2.25. The second kappa shape index (κ2) is 6.02. The molecule has 78 valence electrons. The molecule has 0 bridgehead atoms. The van der Waals surface area contributed by atoms with Crippen molar-refractivity contribution in [1.82, 2.24) is 0 Å². The zero-order valence-corrected chi connectivity index (χ0v) is 9.81. The Bertz CT molecular complexity index is 289. The van der Waals surface area contributed by atoms with Crippen LogP contribution in [0.5, 0.6) is 5.75 Å². The summed E-state index contributed by atoms with van der Waals surface area (Å²) in [6.07, 6.45) is 0.454. The minimum Gasteiger partial charge on any atom is -0.493 e. The molecule has 0 aliphatic heterocycles. The van der Waals surface area contributed by atoms with Gasteiger partial charge in [0.15, 0.2) is 0 Å². The topological polar surface area (TPSA) is 9.23 Å². The van der Waals surface area contributed by atoms with Gasteiger partial charge in [-0.05, 0) is 12.5 Å². The molecule has 1 rings (SSSR count). The molecule has 3 heteroatoms. The number of rotatable bonds is 5. The van der Waals surface area contributed by atoms with E-state index < -0.39 is 0 Å². The Morgan fingerprint density at radius 2 is 2.21 bits per heavy atom. The summed E-state index contributed by atoms with van der Waals surface area (Å²) in [7, 11) is 0. The molecule has 1 aromatic rings. The van der Waals surface area contributed by atoms with Crippen LogP contribution in [-0.4, -0.2) is 13.3 Å². The van der Waals surface area contributed by atoms with Crippen LogP contribution in [0.2, 0.25) is 0 Å². The maximum Gasteiger partial charge on any atom is 0.126 e. The van der Waals surface area contributed by atoms with Crippen molar-refractivity contribution < 1.29 is 9.13 Å². The number of para-hydroxylation sites is 1. The maximum absolute atomic E-state index is 11.9. The van der Waals surface area contributed by atoms with Crippen LogP contribution in [0.15, 0.2) is 18.2 Å². The lowest BCUT2D eigenvalue weighted by Crippen LogP contribution is -2.01. The standard InChI is InChI=1S/C11H14BrFO/c1-9-4-2-5-10(8-12)11(9)14-7-3-6-13/h2,4-5H,3,6-8H2,1H3. The molecule has 1 aromatic carbocycles. The van der Waals surface area contributed by atoms with E-state index in [0.717, 1.165) is 22.2 Å². The molecule has 0 atom stereocenters. The highest BCUT2D eigenvalue weighted by atomic mass is 79.9. The first-order valence-electron chi connectivity index (χ1n) is 4.62. The Morgan fingerprint density at radius 1 is 1.43 bits per heavy atom. The third-order valence-electron chi connectivity index (χ3n) is 1.96. The van der Waals surface area contributed by atoms with E-state index in [1.165, 1.54) is 0 Å². The lowest BCUT2D eigenvalue weighted by molar-refractivity contribution is 0.286. The van der Waals surface area contributed by atoms with Gasteiger partial charge < -0.3 is 4.74 Å². The molecular formula is C11H14BrFO. The molecule has 0 N–H and O–H groups in total. The maximum atomic E-state index is 11.9. The van der Waals surface area contributed by atoms with Crippen molar-refractivity contribution in [3.05, 3.63) is 29.3 Å². The van der Waals surface area contributed by atoms with E-state index in [1.54, 1.807) is 0 Å². The average Bonchev–Trinajstić information content (AvgIpc) is 2.20. The quantitative estimate of drug-likeness (QED) is 0.581. The molecular weight excluding hydrogens is 247 g/mol. The summed E-state index contributed by atoms with van der Waals surface area (Å²) in [4.78, 5) is 0. The van der Waals surface area contributed by atoms with Gasteiger partial charge in [-0.25, -0.2) is 0 Å². The normalized spacial score (nSPS) is 10.2. The Hall–Kier alpha value is -0.570. The van der Waals surface area contributed by atoms with Crippen LogP contribution >= 0.6 is 15.9 Å². The molecule has 0 fully saturated rings. The van der Waals surface area contributed by atoms with Gasteiger partial charge in [-0.3, -0.25) is 4.39 Å². The number of benzene rings is 1. The first-order chi connectivity index (χ1) is 6.79. The summed E-state index contributed by atoms with van der Waals surface area (Å²) < 4.78 is 17.4. The van der Waals surface area contributed by atoms with Crippen molar-refractivity contribution in [1.29, 1.82) is 0 Å². The minimum absolute atomic E-state index is 0.324. The molecule has 0 radical (unpaired) electrons. The lowest BCUT2D eigenvalue weighted by atomic mass is 10.1. The molecule has 0 saturated carbocycles. The number of hydrogen-bond acceptors (Lipinski definition) is 1. The van der Waals surface area contributed by atoms with Crippen LogP contribution in [0.4, 0.5) is 4.39 Å². The number of alkyl halides is 2. The summed E-state index contributed by atoms with van der Waals surface area (Å²) in [5, 5.41) is 0.764. The fourth-order valence-corrected chi connectivity index (χ4v) is 1.70. The van der Waals surface area contributed by atoms with Gasteiger partial charge in [-0.1, -0.05) is 34.1 Å². The van der Waals surface area contributed by atoms with Crippen LogP contribution in [-0.2, 0) is 5.33 Å². The zero-order chi connectivity index (χ0) is 10.4. The SMILES string of the molecule is Cc1cccc(CBr)c1OCCCF. The third-order valence-corrected chi connectivity index (χ3v) is 2.57. The van der Waals surface area contributed by atoms with Crippen molar-refractivity contribution in [2.45, 2.75) is 18.7 Å². The molecule has 0 heterocycles. The van der Waals surface area contributed by atoms with Gasteiger partial charge in [-0.15, -0.1) is 0 Å². The van der Waals surface area contributed by atoms with Gasteiger partial charge in [0, 0.05) is 17.3 Å². The van der Waals surface area contributed by atoms with Crippen molar-refractivity contribution in [2.24, 2.45) is 0 Å². The van der Waals surface area contributed by atoms with Gasteiger partial charge in [0.1, 0.15) is 5.75 Å². The molecule has 0 aliphatic rings. The number of halogens is 2. The van der Waals surface area contributed by atoms with Crippen LogP contribution in [0.1, 0.15) is 17.5 Å². The average molecular weight is 261 g/mol. The summed E-state index contributed by atoms with van der Waals surface area (Å²) in [6.45, 7) is 2.12. The number of hydrogen-bond donors (Lipinski definition) is 0. The van der Waals surface area contributed by atoms with Crippen molar-refractivity contribution >= 4 is 15.9 Å². The van der Waals surface area contributed by atoms with Crippen molar-refractivity contribution in [2.75, 3.05) is 13.3 Å². The second-order valence-electron chi connectivity index (χ2n) is 3.09. The van der Waals surface area contributed by atoms with Gasteiger partial charge in [0.05, 0.1) is 13.3 Å². The lowest BCUT2D eigenvalue weighted by Gasteiger charge is -2.11. The van der Waals surface area contributed by atoms with Crippen LogP contribution < -0.4 is 4.74 Å². The van der Waals surface area contributed by atoms with E-state index in [4.69, 9.17) is 4.74 Å². The highest BCUT2D eigenvalue weighted by Gasteiger charge is 2.04. The van der Waals surface area contributed by atoms with E-state index in [9.17, 15) is 4.39 Å². The van der Waals surface area contributed by atoms with E-state index in [2.05, 4.69) is 15.9 Å². The summed E-state index contributed by atoms with van der Waals surface area (Å²) >= 11 is 3.40. The fourth-order valence-electron chi connectivity index (χ4n) is 1.25. The fraction of sp³-hybridized carbons (Fsp3) is 0.455. The smallest absolute Gasteiger partial charge is 0.126 e. The molecule has 1 nitrogen and oxygen atoms in total. The summed E-state index contributed by atoms with van der Waals surface area (Å²) in [5.74, 6) is 0.887. The Balaban J connectivity index is 2.72. The molecule has 0 aromatic heterocycles. The van der Waals surface area contributed by atoms with Crippen molar-refractivity contribution in [3.63, 3.8) is 0 Å². The predicted octanol–water partition coefficient (Wildman–Crippen LogP) is 3.63. The molecule has 0 aliphatic carbocycles. The Labute approximate surface area is 92.4 Å². The summed E-state index contributed by atoms with van der Waals surface area (Å²) in [5.41, 5.74) is 2.21. The first-order valence-corrected chi connectivity index (χ1v) is 5.75. The van der Waals surface area contributed by atoms with Crippen molar-refractivity contribution in [3.8, 4) is 5.75 Å². The van der Waals surface area contributed by atoms with Gasteiger partial charge >= 0.3 is 0 Å². The molecule has 0 saturated heterocycles. The van der Waals surface area contributed by atoms with E-state index >= 15 is 0 Å². The van der Waals surface area contributed by atoms with Gasteiger partial charge in [-0.2, -0.15) is 0 Å². The Morgan fingerprint density at radius 3 is 2.86 bits per heavy atom. The summed E-state index contributed by atoms with van der Waals surface area (Å²) in [6, 6.07) is 6.00. The van der Waals surface area contributed by atoms with E-state index in [-0.39, 0.29) is 6.67 Å². The molecule has 14 heavy (non-hydrogen) atoms. The number of ether oxygens (including phenoxy) is 1. The van der Waals surface area contributed by atoms with E-state index in [1.807, 2.05) is 25.1 Å². The minimum atomic E-state index is -0.324.